The van der Waals surface area contributed by atoms with E-state index in [0.29, 0.717) is 6.10 Å². The first kappa shape index (κ1) is 14.7. The van der Waals surface area contributed by atoms with Gasteiger partial charge < -0.3 is 15.0 Å². The molecule has 2 N–H and O–H groups in total. The first-order valence-electron chi connectivity index (χ1n) is 8.25. The number of hydrogen-bond donors (Lipinski definition) is 2. The zero-order chi connectivity index (χ0) is 15.6. The molecular formula is C18H21N3OS. The number of thiazole rings is 1. The van der Waals surface area contributed by atoms with Crippen molar-refractivity contribution in [1.82, 2.24) is 9.97 Å². The van der Waals surface area contributed by atoms with Gasteiger partial charge >= 0.3 is 0 Å². The molecular weight excluding hydrogens is 306 g/mol. The topological polar surface area (TPSA) is 49.9 Å². The van der Waals surface area contributed by atoms with Crippen molar-refractivity contribution >= 4 is 27.4 Å². The van der Waals surface area contributed by atoms with Crippen LogP contribution in [0.3, 0.4) is 0 Å². The number of nitrogens with one attached hydrogen (secondary N) is 2. The van der Waals surface area contributed by atoms with Gasteiger partial charge in [-0.25, -0.2) is 4.98 Å². The molecule has 1 fully saturated rings. The number of rotatable bonds is 5. The fraction of sp³-hybridized carbons (Fsp3) is 0.389. The third-order valence-corrected chi connectivity index (χ3v) is 5.27. The molecule has 2 aromatic heterocycles. The molecule has 1 aliphatic heterocycles. The van der Waals surface area contributed by atoms with Crippen LogP contribution < -0.4 is 5.32 Å². The van der Waals surface area contributed by atoms with Gasteiger partial charge in [-0.05, 0) is 24.8 Å². The van der Waals surface area contributed by atoms with Gasteiger partial charge in [0, 0.05) is 41.2 Å². The maximum atomic E-state index is 5.65. The molecule has 3 aromatic rings. The number of aromatic nitrogens is 2. The van der Waals surface area contributed by atoms with Gasteiger partial charge in [0.1, 0.15) is 0 Å². The average Bonchev–Trinajstić information content (AvgIpc) is 3.31. The van der Waals surface area contributed by atoms with Crippen LogP contribution in [0.2, 0.25) is 0 Å². The number of para-hydroxylation sites is 1. The Hall–Kier alpha value is -1.85. The van der Waals surface area contributed by atoms with Crippen LogP contribution in [-0.2, 0) is 11.2 Å². The molecule has 1 saturated heterocycles. The summed E-state index contributed by atoms with van der Waals surface area (Å²) in [4.78, 5) is 8.17. The molecule has 1 aliphatic rings. The highest BCUT2D eigenvalue weighted by Crippen LogP contribution is 2.32. The number of nitrogens with zero attached hydrogens (tertiary/aromatic N) is 1. The summed E-state index contributed by atoms with van der Waals surface area (Å²) in [5.41, 5.74) is 4.79. The molecule has 3 heterocycles. The lowest BCUT2D eigenvalue weighted by Gasteiger charge is -2.09. The minimum Gasteiger partial charge on any atom is -0.376 e. The first-order chi connectivity index (χ1) is 11.3. The average molecular weight is 327 g/mol. The molecule has 1 unspecified atom stereocenters. The number of aromatic amines is 1. The Balaban J connectivity index is 1.56. The standard InChI is InChI=1S/C18H21N3OS/c1-2-12-5-3-7-14-15(10-19-17(12)14)16-11-23-18(21-16)20-9-13-6-4-8-22-13/h3,5,7,10-11,13,19H,2,4,6,8-9H2,1H3,(H,20,21). The molecule has 4 nitrogen and oxygen atoms in total. The van der Waals surface area contributed by atoms with E-state index in [1.807, 2.05) is 0 Å². The Morgan fingerprint density at radius 1 is 1.43 bits per heavy atom. The van der Waals surface area contributed by atoms with Crippen molar-refractivity contribution < 1.29 is 4.74 Å². The Kier molecular flexibility index (Phi) is 4.06. The third kappa shape index (κ3) is 2.86. The first-order valence-corrected chi connectivity index (χ1v) is 9.13. The van der Waals surface area contributed by atoms with Crippen molar-refractivity contribution in [3.05, 3.63) is 35.3 Å². The summed E-state index contributed by atoms with van der Waals surface area (Å²) in [6.45, 7) is 3.93. The van der Waals surface area contributed by atoms with Crippen molar-refractivity contribution in [3.8, 4) is 11.3 Å². The van der Waals surface area contributed by atoms with Crippen molar-refractivity contribution in [3.63, 3.8) is 0 Å². The van der Waals surface area contributed by atoms with E-state index in [4.69, 9.17) is 9.72 Å². The molecule has 0 spiro atoms. The maximum Gasteiger partial charge on any atom is 0.183 e. The normalized spacial score (nSPS) is 17.9. The summed E-state index contributed by atoms with van der Waals surface area (Å²) in [6.07, 6.45) is 5.76. The summed E-state index contributed by atoms with van der Waals surface area (Å²) in [5.74, 6) is 0. The lowest BCUT2D eigenvalue weighted by Crippen LogP contribution is -2.18. The Bertz CT molecular complexity index is 802. The third-order valence-electron chi connectivity index (χ3n) is 4.47. The minimum absolute atomic E-state index is 0.336. The largest absolute Gasteiger partial charge is 0.376 e. The van der Waals surface area contributed by atoms with Crippen LogP contribution in [0, 0.1) is 0 Å². The second kappa shape index (κ2) is 6.34. The van der Waals surface area contributed by atoms with E-state index in [9.17, 15) is 0 Å². The molecule has 0 radical (unpaired) electrons. The molecule has 23 heavy (non-hydrogen) atoms. The fourth-order valence-electron chi connectivity index (χ4n) is 3.21. The van der Waals surface area contributed by atoms with E-state index in [1.54, 1.807) is 11.3 Å². The molecule has 5 heteroatoms. The zero-order valence-electron chi connectivity index (χ0n) is 13.3. The van der Waals surface area contributed by atoms with Gasteiger partial charge in [0.15, 0.2) is 5.13 Å². The number of hydrogen-bond acceptors (Lipinski definition) is 4. The van der Waals surface area contributed by atoms with E-state index in [-0.39, 0.29) is 0 Å². The Morgan fingerprint density at radius 3 is 3.22 bits per heavy atom. The Morgan fingerprint density at radius 2 is 2.39 bits per heavy atom. The lowest BCUT2D eigenvalue weighted by atomic mass is 10.1. The highest BCUT2D eigenvalue weighted by Gasteiger charge is 2.16. The predicted octanol–water partition coefficient (Wildman–Crippen LogP) is 4.44. The Labute approximate surface area is 139 Å². The zero-order valence-corrected chi connectivity index (χ0v) is 14.1. The van der Waals surface area contributed by atoms with E-state index >= 15 is 0 Å². The van der Waals surface area contributed by atoms with Crippen LogP contribution in [0.4, 0.5) is 5.13 Å². The van der Waals surface area contributed by atoms with Crippen LogP contribution >= 0.6 is 11.3 Å². The summed E-state index contributed by atoms with van der Waals surface area (Å²) < 4.78 is 5.65. The predicted molar refractivity (Wildman–Crippen MR) is 96.2 cm³/mol. The van der Waals surface area contributed by atoms with E-state index in [0.717, 1.165) is 36.8 Å². The molecule has 0 saturated carbocycles. The van der Waals surface area contributed by atoms with Gasteiger partial charge in [0.05, 0.1) is 11.8 Å². The van der Waals surface area contributed by atoms with Gasteiger partial charge in [-0.3, -0.25) is 0 Å². The number of H-pyrrole nitrogens is 1. The second-order valence-electron chi connectivity index (χ2n) is 5.95. The van der Waals surface area contributed by atoms with Gasteiger partial charge in [-0.2, -0.15) is 0 Å². The molecule has 0 bridgehead atoms. The smallest absolute Gasteiger partial charge is 0.183 e. The number of ether oxygens (including phenoxy) is 1. The molecule has 4 rings (SSSR count). The summed E-state index contributed by atoms with van der Waals surface area (Å²) >= 11 is 1.66. The molecule has 120 valence electrons. The number of anilines is 1. The summed E-state index contributed by atoms with van der Waals surface area (Å²) in [6, 6.07) is 6.47. The van der Waals surface area contributed by atoms with Crippen molar-refractivity contribution in [2.24, 2.45) is 0 Å². The highest BCUT2D eigenvalue weighted by atomic mass is 32.1. The lowest BCUT2D eigenvalue weighted by molar-refractivity contribution is 0.120. The van der Waals surface area contributed by atoms with Gasteiger partial charge in [-0.1, -0.05) is 25.1 Å². The van der Waals surface area contributed by atoms with Crippen LogP contribution in [0.5, 0.6) is 0 Å². The molecule has 1 aromatic carbocycles. The monoisotopic (exact) mass is 327 g/mol. The number of aryl methyl sites for hydroxylation is 1. The van der Waals surface area contributed by atoms with Crippen molar-refractivity contribution in [2.75, 3.05) is 18.5 Å². The maximum absolute atomic E-state index is 5.65. The highest BCUT2D eigenvalue weighted by molar-refractivity contribution is 7.14. The van der Waals surface area contributed by atoms with Crippen LogP contribution in [0.15, 0.2) is 29.8 Å². The van der Waals surface area contributed by atoms with Crippen molar-refractivity contribution in [1.29, 1.82) is 0 Å². The van der Waals surface area contributed by atoms with Gasteiger partial charge in [0.2, 0.25) is 0 Å². The van der Waals surface area contributed by atoms with Crippen molar-refractivity contribution in [2.45, 2.75) is 32.3 Å². The summed E-state index contributed by atoms with van der Waals surface area (Å²) in [5, 5.41) is 7.76. The number of fused-ring (bicyclic) bond motifs is 1. The minimum atomic E-state index is 0.336. The molecule has 0 aliphatic carbocycles. The fourth-order valence-corrected chi connectivity index (χ4v) is 3.93. The van der Waals surface area contributed by atoms with Crippen LogP contribution in [-0.4, -0.2) is 29.2 Å². The summed E-state index contributed by atoms with van der Waals surface area (Å²) in [7, 11) is 0. The number of benzene rings is 1. The van der Waals surface area contributed by atoms with E-state index < -0.39 is 0 Å². The quantitative estimate of drug-likeness (QED) is 0.728. The van der Waals surface area contributed by atoms with E-state index in [1.165, 1.54) is 28.5 Å². The van der Waals surface area contributed by atoms with Crippen LogP contribution in [0.25, 0.3) is 22.2 Å². The molecule has 0 amide bonds. The SMILES string of the molecule is CCc1cccc2c(-c3csc(NCC4CCCO4)n3)c[nH]c12. The van der Waals surface area contributed by atoms with Crippen LogP contribution in [0.1, 0.15) is 25.3 Å². The van der Waals surface area contributed by atoms with Gasteiger partial charge in [-0.15, -0.1) is 11.3 Å². The van der Waals surface area contributed by atoms with E-state index in [2.05, 4.69) is 47.0 Å². The molecule has 1 atom stereocenters. The second-order valence-corrected chi connectivity index (χ2v) is 6.81. The van der Waals surface area contributed by atoms with Gasteiger partial charge in [0.25, 0.3) is 0 Å².